The second-order valence-electron chi connectivity index (χ2n) is 4.46. The van der Waals surface area contributed by atoms with Crippen molar-refractivity contribution >= 4 is 28.0 Å². The minimum atomic E-state index is -0.989. The van der Waals surface area contributed by atoms with Crippen LogP contribution in [0.5, 0.6) is 5.75 Å². The summed E-state index contributed by atoms with van der Waals surface area (Å²) in [6.45, 7) is 3.08. The Kier molecular flexibility index (Phi) is 5.16. The zero-order valence-electron chi connectivity index (χ0n) is 11.5. The fraction of sp³-hybridized carbons (Fsp3) is 0.200. The summed E-state index contributed by atoms with van der Waals surface area (Å²) in [7, 11) is 0. The number of hydrogen-bond acceptors (Lipinski definition) is 3. The quantitative estimate of drug-likeness (QED) is 0.813. The van der Waals surface area contributed by atoms with Crippen molar-refractivity contribution in [1.29, 1.82) is 0 Å². The Bertz CT molecular complexity index is 651. The number of aliphatic carboxylic acids is 1. The van der Waals surface area contributed by atoms with Crippen molar-refractivity contribution in [2.75, 3.05) is 6.61 Å². The van der Waals surface area contributed by atoms with Crippen LogP contribution in [0, 0.1) is 6.92 Å². The molecular formula is C15H15BrN2O3. The van der Waals surface area contributed by atoms with E-state index in [2.05, 4.69) is 20.9 Å². The normalized spacial score (nSPS) is 11.0. The number of carboxylic acid groups (broad SMARTS) is 1. The van der Waals surface area contributed by atoms with E-state index < -0.39 is 5.97 Å². The molecule has 2 rings (SSSR count). The molecule has 0 amide bonds. The largest absolute Gasteiger partial charge is 0.491 e. The van der Waals surface area contributed by atoms with Gasteiger partial charge in [-0.05, 0) is 30.7 Å². The summed E-state index contributed by atoms with van der Waals surface area (Å²) in [5, 5.41) is 8.76. The van der Waals surface area contributed by atoms with Gasteiger partial charge in [0.05, 0.1) is 12.9 Å². The average molecular weight is 351 g/mol. The summed E-state index contributed by atoms with van der Waals surface area (Å²) in [5.41, 5.74) is 1.68. The number of aromatic nitrogens is 2. The Balaban J connectivity index is 2.14. The zero-order valence-corrected chi connectivity index (χ0v) is 13.1. The zero-order chi connectivity index (χ0) is 15.2. The van der Waals surface area contributed by atoms with E-state index >= 15 is 0 Å². The van der Waals surface area contributed by atoms with Crippen molar-refractivity contribution < 1.29 is 14.6 Å². The van der Waals surface area contributed by atoms with E-state index in [9.17, 15) is 4.79 Å². The Morgan fingerprint density at radius 3 is 3.00 bits per heavy atom. The highest BCUT2D eigenvalue weighted by Crippen LogP contribution is 2.29. The van der Waals surface area contributed by atoms with E-state index in [1.165, 1.54) is 6.08 Å². The first-order chi connectivity index (χ1) is 10.1. The molecule has 0 fully saturated rings. The first-order valence-electron chi connectivity index (χ1n) is 6.36. The van der Waals surface area contributed by atoms with Crippen molar-refractivity contribution in [3.05, 3.63) is 52.5 Å². The predicted octanol–water partition coefficient (Wildman–Crippen LogP) is 3.13. The molecule has 0 radical (unpaired) electrons. The smallest absolute Gasteiger partial charge is 0.328 e. The van der Waals surface area contributed by atoms with Crippen molar-refractivity contribution in [2.45, 2.75) is 13.5 Å². The number of carbonyl (C=O) groups is 1. The fourth-order valence-electron chi connectivity index (χ4n) is 1.91. The fourth-order valence-corrected chi connectivity index (χ4v) is 2.50. The molecule has 5 nitrogen and oxygen atoms in total. The highest BCUT2D eigenvalue weighted by atomic mass is 79.9. The summed E-state index contributed by atoms with van der Waals surface area (Å²) in [6.07, 6.45) is 7.94. The summed E-state index contributed by atoms with van der Waals surface area (Å²) in [6, 6.07) is 3.77. The topological polar surface area (TPSA) is 64.3 Å². The molecule has 0 unspecified atom stereocenters. The monoisotopic (exact) mass is 350 g/mol. The summed E-state index contributed by atoms with van der Waals surface area (Å²) in [4.78, 5) is 14.6. The number of ether oxygens (including phenoxy) is 1. The van der Waals surface area contributed by atoms with Gasteiger partial charge in [0.2, 0.25) is 0 Å². The van der Waals surface area contributed by atoms with Crippen LogP contribution in [-0.2, 0) is 11.3 Å². The van der Waals surface area contributed by atoms with Gasteiger partial charge in [-0.2, -0.15) is 0 Å². The lowest BCUT2D eigenvalue weighted by Crippen LogP contribution is -2.08. The molecular weight excluding hydrogens is 336 g/mol. The van der Waals surface area contributed by atoms with Gasteiger partial charge >= 0.3 is 5.97 Å². The predicted molar refractivity (Wildman–Crippen MR) is 83.3 cm³/mol. The van der Waals surface area contributed by atoms with Crippen LogP contribution in [0.2, 0.25) is 0 Å². The lowest BCUT2D eigenvalue weighted by Gasteiger charge is -2.13. The maximum atomic E-state index is 10.7. The third kappa shape index (κ3) is 4.46. The number of hydrogen-bond donors (Lipinski definition) is 1. The summed E-state index contributed by atoms with van der Waals surface area (Å²) < 4.78 is 8.61. The number of nitrogens with zero attached hydrogens (tertiary/aromatic N) is 2. The molecule has 21 heavy (non-hydrogen) atoms. The van der Waals surface area contributed by atoms with Crippen LogP contribution in [0.4, 0.5) is 0 Å². The first-order valence-corrected chi connectivity index (χ1v) is 7.15. The number of benzene rings is 1. The molecule has 2 aromatic rings. The molecule has 0 aliphatic heterocycles. The van der Waals surface area contributed by atoms with Crippen LogP contribution in [0.1, 0.15) is 11.1 Å². The highest BCUT2D eigenvalue weighted by molar-refractivity contribution is 9.10. The molecule has 0 bridgehead atoms. The van der Waals surface area contributed by atoms with Gasteiger partial charge in [-0.1, -0.05) is 15.9 Å². The number of aryl methyl sites for hydroxylation is 1. The van der Waals surface area contributed by atoms with Crippen LogP contribution in [-0.4, -0.2) is 27.2 Å². The van der Waals surface area contributed by atoms with Crippen LogP contribution in [0.15, 0.2) is 41.4 Å². The molecule has 0 aliphatic carbocycles. The second-order valence-corrected chi connectivity index (χ2v) is 5.38. The van der Waals surface area contributed by atoms with Crippen molar-refractivity contribution in [3.8, 4) is 5.75 Å². The maximum Gasteiger partial charge on any atom is 0.328 e. The van der Waals surface area contributed by atoms with Gasteiger partial charge in [-0.15, -0.1) is 0 Å². The standard InChI is InChI=1S/C15H15BrN2O3/c1-11-8-13(16)9-12(2-3-14(19)20)15(11)21-7-6-18-5-4-17-10-18/h2-5,8-10H,6-7H2,1H3,(H,19,20)/b3-2+. The molecule has 1 N–H and O–H groups in total. The molecule has 0 atom stereocenters. The molecule has 0 aliphatic rings. The lowest BCUT2D eigenvalue weighted by molar-refractivity contribution is -0.131. The van der Waals surface area contributed by atoms with Gasteiger partial charge in [0, 0.05) is 28.5 Å². The van der Waals surface area contributed by atoms with E-state index in [0.717, 1.165) is 21.7 Å². The van der Waals surface area contributed by atoms with Crippen LogP contribution in [0.25, 0.3) is 6.08 Å². The molecule has 0 saturated carbocycles. The lowest BCUT2D eigenvalue weighted by atomic mass is 10.1. The van der Waals surface area contributed by atoms with Crippen LogP contribution < -0.4 is 4.74 Å². The van der Waals surface area contributed by atoms with Gasteiger partial charge in [0.15, 0.2) is 0 Å². The average Bonchev–Trinajstić information content (AvgIpc) is 2.92. The second kappa shape index (κ2) is 7.08. The Labute approximate surface area is 131 Å². The first kappa shape index (κ1) is 15.3. The molecule has 0 saturated heterocycles. The third-order valence-electron chi connectivity index (χ3n) is 2.83. The maximum absolute atomic E-state index is 10.7. The van der Waals surface area contributed by atoms with Crippen molar-refractivity contribution in [2.24, 2.45) is 0 Å². The minimum absolute atomic E-state index is 0.479. The molecule has 110 valence electrons. The van der Waals surface area contributed by atoms with Gasteiger partial charge in [0.1, 0.15) is 12.4 Å². The van der Waals surface area contributed by atoms with Gasteiger partial charge in [0.25, 0.3) is 0 Å². The van der Waals surface area contributed by atoms with Crippen LogP contribution in [0.3, 0.4) is 0 Å². The van der Waals surface area contributed by atoms with E-state index in [4.69, 9.17) is 9.84 Å². The minimum Gasteiger partial charge on any atom is -0.491 e. The van der Waals surface area contributed by atoms with Crippen LogP contribution >= 0.6 is 15.9 Å². The number of carboxylic acids is 1. The van der Waals surface area contributed by atoms with E-state index in [0.29, 0.717) is 18.9 Å². The number of rotatable bonds is 6. The van der Waals surface area contributed by atoms with E-state index in [1.54, 1.807) is 12.5 Å². The summed E-state index contributed by atoms with van der Waals surface area (Å²) in [5.74, 6) is -0.298. The molecule has 1 aromatic carbocycles. The Morgan fingerprint density at radius 2 is 2.33 bits per heavy atom. The van der Waals surface area contributed by atoms with Gasteiger partial charge < -0.3 is 14.4 Å². The SMILES string of the molecule is Cc1cc(Br)cc(/C=C/C(=O)O)c1OCCn1ccnc1. The summed E-state index contributed by atoms with van der Waals surface area (Å²) >= 11 is 3.40. The number of imidazole rings is 1. The Morgan fingerprint density at radius 1 is 1.52 bits per heavy atom. The molecule has 0 spiro atoms. The van der Waals surface area contributed by atoms with Crippen molar-refractivity contribution in [3.63, 3.8) is 0 Å². The van der Waals surface area contributed by atoms with E-state index in [1.807, 2.05) is 29.8 Å². The molecule has 6 heteroatoms. The molecule has 1 heterocycles. The number of halogens is 1. The van der Waals surface area contributed by atoms with Gasteiger partial charge in [-0.3, -0.25) is 0 Å². The highest BCUT2D eigenvalue weighted by Gasteiger charge is 2.07. The third-order valence-corrected chi connectivity index (χ3v) is 3.29. The molecule has 1 aromatic heterocycles. The Hall–Kier alpha value is -2.08. The van der Waals surface area contributed by atoms with Gasteiger partial charge in [-0.25, -0.2) is 9.78 Å². The van der Waals surface area contributed by atoms with Crippen molar-refractivity contribution in [1.82, 2.24) is 9.55 Å². The van der Waals surface area contributed by atoms with E-state index in [-0.39, 0.29) is 0 Å².